The maximum Gasteiger partial charge on any atom is 0.259 e. The third-order valence-corrected chi connectivity index (χ3v) is 7.68. The molecule has 2 aromatic heterocycles. The molecule has 4 rings (SSSR count). The van der Waals surface area contributed by atoms with Crippen molar-refractivity contribution in [3.63, 3.8) is 0 Å². The number of carbonyl (C=O) groups excluding carboxylic acids is 1. The fourth-order valence-electron chi connectivity index (χ4n) is 4.50. The van der Waals surface area contributed by atoms with E-state index in [1.165, 1.54) is 10.4 Å². The highest BCUT2D eigenvalue weighted by Crippen LogP contribution is 2.42. The number of aromatic nitrogens is 2. The van der Waals surface area contributed by atoms with E-state index in [2.05, 4.69) is 31.1 Å². The molecule has 0 unspecified atom stereocenters. The Balaban J connectivity index is 1.32. The highest BCUT2D eigenvalue weighted by molar-refractivity contribution is 7.18. The molecule has 2 heterocycles. The minimum atomic E-state index is -0.107. The third kappa shape index (κ3) is 5.43. The van der Waals surface area contributed by atoms with Gasteiger partial charge >= 0.3 is 0 Å². The zero-order chi connectivity index (χ0) is 24.3. The molecule has 34 heavy (non-hydrogen) atoms. The molecule has 1 aliphatic rings. The van der Waals surface area contributed by atoms with E-state index < -0.39 is 0 Å². The number of nitrogens with one attached hydrogen (secondary N) is 2. The molecule has 7 nitrogen and oxygen atoms in total. The lowest BCUT2D eigenvalue weighted by Gasteiger charge is -2.33. The predicted octanol–water partition coefficient (Wildman–Crippen LogP) is 4.27. The van der Waals surface area contributed by atoms with E-state index in [0.717, 1.165) is 29.5 Å². The first-order valence-electron chi connectivity index (χ1n) is 11.8. The van der Waals surface area contributed by atoms with Crippen molar-refractivity contribution in [2.45, 2.75) is 52.9 Å². The molecule has 0 radical (unpaired) electrons. The number of nitrogens with zero attached hydrogens (tertiary/aromatic N) is 1. The normalized spacial score (nSPS) is 15.7. The molecule has 1 aliphatic carbocycles. The molecule has 8 heteroatoms. The molecule has 1 aromatic carbocycles. The molecule has 0 fully saturated rings. The van der Waals surface area contributed by atoms with Gasteiger partial charge in [0.1, 0.15) is 17.3 Å². The third-order valence-electron chi connectivity index (χ3n) is 6.53. The highest BCUT2D eigenvalue weighted by atomic mass is 32.1. The molecule has 0 saturated carbocycles. The number of carbonyl (C=O) groups is 1. The standard InChI is InChI=1S/C26H33N3O4S/c1-26(2,3)16-9-10-17-20(15-16)34-25-23(17)24(31)28-21(29-25)11-12-22(30)27-13-14-33-19-8-6-5-7-18(19)32-4/h5-8,16H,9-15H2,1-4H3,(H,27,30)(H,28,29,31)/t16-/m1/s1. The van der Waals surface area contributed by atoms with E-state index in [1.807, 2.05) is 24.3 Å². The number of H-pyrrole nitrogens is 1. The summed E-state index contributed by atoms with van der Waals surface area (Å²) in [5, 5.41) is 3.59. The Morgan fingerprint density at radius 3 is 2.76 bits per heavy atom. The lowest BCUT2D eigenvalue weighted by atomic mass is 9.72. The van der Waals surface area contributed by atoms with Gasteiger partial charge in [-0.2, -0.15) is 0 Å². The van der Waals surface area contributed by atoms with Crippen molar-refractivity contribution in [1.29, 1.82) is 0 Å². The van der Waals surface area contributed by atoms with Crippen LogP contribution in [0.1, 0.15) is 49.9 Å². The van der Waals surface area contributed by atoms with Gasteiger partial charge in [0.2, 0.25) is 5.91 Å². The van der Waals surface area contributed by atoms with Crippen LogP contribution in [-0.4, -0.2) is 36.1 Å². The second-order valence-corrected chi connectivity index (χ2v) is 10.9. The van der Waals surface area contributed by atoms with E-state index in [4.69, 9.17) is 14.5 Å². The summed E-state index contributed by atoms with van der Waals surface area (Å²) in [5.74, 6) is 2.36. The largest absolute Gasteiger partial charge is 0.493 e. The van der Waals surface area contributed by atoms with Crippen LogP contribution in [0, 0.1) is 11.3 Å². The van der Waals surface area contributed by atoms with Crippen molar-refractivity contribution < 1.29 is 14.3 Å². The second-order valence-electron chi connectivity index (χ2n) is 9.85. The number of aromatic amines is 1. The van der Waals surface area contributed by atoms with E-state index in [-0.39, 0.29) is 23.3 Å². The van der Waals surface area contributed by atoms with Gasteiger partial charge in [0.25, 0.3) is 5.56 Å². The number of ether oxygens (including phenoxy) is 2. The first-order chi connectivity index (χ1) is 16.3. The summed E-state index contributed by atoms with van der Waals surface area (Å²) < 4.78 is 10.9. The summed E-state index contributed by atoms with van der Waals surface area (Å²) in [6.07, 6.45) is 3.68. The number of hydrogen-bond donors (Lipinski definition) is 2. The molecule has 0 saturated heterocycles. The number of amides is 1. The average molecular weight is 484 g/mol. The van der Waals surface area contributed by atoms with Crippen LogP contribution in [0.5, 0.6) is 11.5 Å². The fraction of sp³-hybridized carbons (Fsp3) is 0.500. The van der Waals surface area contributed by atoms with Gasteiger partial charge in [0.15, 0.2) is 11.5 Å². The first-order valence-corrected chi connectivity index (χ1v) is 12.6. The summed E-state index contributed by atoms with van der Waals surface area (Å²) in [6, 6.07) is 7.39. The zero-order valence-electron chi connectivity index (χ0n) is 20.3. The van der Waals surface area contributed by atoms with Crippen LogP contribution >= 0.6 is 11.3 Å². The lowest BCUT2D eigenvalue weighted by Crippen LogP contribution is -2.28. The van der Waals surface area contributed by atoms with Crippen molar-refractivity contribution in [2.75, 3.05) is 20.3 Å². The van der Waals surface area contributed by atoms with Gasteiger partial charge in [0.05, 0.1) is 19.0 Å². The van der Waals surface area contributed by atoms with Crippen LogP contribution in [0.4, 0.5) is 0 Å². The minimum absolute atomic E-state index is 0.0858. The number of para-hydroxylation sites is 2. The van der Waals surface area contributed by atoms with Crippen LogP contribution in [0.3, 0.4) is 0 Å². The minimum Gasteiger partial charge on any atom is -0.493 e. The maximum atomic E-state index is 12.8. The predicted molar refractivity (Wildman–Crippen MR) is 135 cm³/mol. The Hall–Kier alpha value is -2.87. The van der Waals surface area contributed by atoms with Crippen molar-refractivity contribution in [1.82, 2.24) is 15.3 Å². The molecule has 1 atom stereocenters. The summed E-state index contributed by atoms with van der Waals surface area (Å²) >= 11 is 1.64. The van der Waals surface area contributed by atoms with Gasteiger partial charge in [-0.1, -0.05) is 32.9 Å². The van der Waals surface area contributed by atoms with Crippen molar-refractivity contribution in [2.24, 2.45) is 11.3 Å². The second kappa shape index (κ2) is 10.2. The Kier molecular flexibility index (Phi) is 7.26. The Morgan fingerprint density at radius 2 is 2.03 bits per heavy atom. The number of fused-ring (bicyclic) bond motifs is 3. The molecule has 0 aliphatic heterocycles. The van der Waals surface area contributed by atoms with E-state index in [0.29, 0.717) is 42.8 Å². The van der Waals surface area contributed by atoms with Gasteiger partial charge in [-0.05, 0) is 48.3 Å². The highest BCUT2D eigenvalue weighted by Gasteiger charge is 2.31. The van der Waals surface area contributed by atoms with Crippen molar-refractivity contribution in [3.05, 3.63) is 50.9 Å². The van der Waals surface area contributed by atoms with Crippen LogP contribution in [0.15, 0.2) is 29.1 Å². The molecule has 1 amide bonds. The molecular weight excluding hydrogens is 450 g/mol. The van der Waals surface area contributed by atoms with E-state index >= 15 is 0 Å². The quantitative estimate of drug-likeness (QED) is 0.467. The fourth-order valence-corrected chi connectivity index (χ4v) is 5.81. The Bertz CT molecular complexity index is 1220. The maximum absolute atomic E-state index is 12.8. The molecule has 0 spiro atoms. The van der Waals surface area contributed by atoms with Crippen LogP contribution in [0.2, 0.25) is 0 Å². The monoisotopic (exact) mass is 483 g/mol. The van der Waals surface area contributed by atoms with Gasteiger partial charge in [-0.3, -0.25) is 9.59 Å². The Labute approximate surface area is 203 Å². The number of aryl methyl sites for hydroxylation is 2. The van der Waals surface area contributed by atoms with Gasteiger partial charge in [-0.15, -0.1) is 11.3 Å². The van der Waals surface area contributed by atoms with Crippen LogP contribution in [-0.2, 0) is 24.1 Å². The topological polar surface area (TPSA) is 93.3 Å². The number of thiophene rings is 1. The molecule has 2 N–H and O–H groups in total. The SMILES string of the molecule is COc1ccccc1OCCNC(=O)CCc1nc2sc3c(c2c(=O)[nH]1)CC[C@@H](C(C)(C)C)C3. The lowest BCUT2D eigenvalue weighted by molar-refractivity contribution is -0.121. The molecule has 0 bridgehead atoms. The van der Waals surface area contributed by atoms with Crippen molar-refractivity contribution in [3.8, 4) is 11.5 Å². The molecule has 3 aromatic rings. The summed E-state index contributed by atoms with van der Waals surface area (Å²) in [7, 11) is 1.59. The summed E-state index contributed by atoms with van der Waals surface area (Å²) in [5.41, 5.74) is 1.34. The zero-order valence-corrected chi connectivity index (χ0v) is 21.1. The van der Waals surface area contributed by atoms with Crippen LogP contribution < -0.4 is 20.3 Å². The van der Waals surface area contributed by atoms with Crippen molar-refractivity contribution >= 4 is 27.5 Å². The number of hydrogen-bond acceptors (Lipinski definition) is 6. The number of benzene rings is 1. The Morgan fingerprint density at radius 1 is 1.26 bits per heavy atom. The average Bonchev–Trinajstić information content (AvgIpc) is 3.18. The van der Waals surface area contributed by atoms with Gasteiger partial charge < -0.3 is 19.8 Å². The van der Waals surface area contributed by atoms with E-state index in [9.17, 15) is 9.59 Å². The first kappa shape index (κ1) is 24.3. The van der Waals surface area contributed by atoms with Gasteiger partial charge in [0, 0.05) is 17.7 Å². The molecular formula is C26H33N3O4S. The van der Waals surface area contributed by atoms with E-state index in [1.54, 1.807) is 18.4 Å². The summed E-state index contributed by atoms with van der Waals surface area (Å²) in [6.45, 7) is 7.58. The van der Waals surface area contributed by atoms with Crippen LogP contribution in [0.25, 0.3) is 10.2 Å². The molecule has 182 valence electrons. The number of methoxy groups -OCH3 is 1. The summed E-state index contributed by atoms with van der Waals surface area (Å²) in [4.78, 5) is 34.8. The number of rotatable bonds is 8. The smallest absolute Gasteiger partial charge is 0.259 e. The van der Waals surface area contributed by atoms with Gasteiger partial charge in [-0.25, -0.2) is 4.98 Å².